The summed E-state index contributed by atoms with van der Waals surface area (Å²) in [7, 11) is 1.53. The summed E-state index contributed by atoms with van der Waals surface area (Å²) in [5, 5.41) is 12.1. The van der Waals surface area contributed by atoms with Gasteiger partial charge in [0.05, 0.1) is 13.5 Å². The number of amides is 1. The molecular weight excluding hydrogens is 294 g/mol. The first-order valence-electron chi connectivity index (χ1n) is 6.59. The number of ether oxygens (including phenoxy) is 1. The van der Waals surface area contributed by atoms with Crippen molar-refractivity contribution in [1.29, 1.82) is 0 Å². The average Bonchev–Trinajstić information content (AvgIpc) is 2.36. The summed E-state index contributed by atoms with van der Waals surface area (Å²) in [5.41, 5.74) is 0.109. The second-order valence-corrected chi connectivity index (χ2v) is 5.90. The summed E-state index contributed by atoms with van der Waals surface area (Å²) in [4.78, 5) is 22.7. The molecule has 0 heterocycles. The van der Waals surface area contributed by atoms with Crippen molar-refractivity contribution < 1.29 is 19.4 Å². The van der Waals surface area contributed by atoms with Gasteiger partial charge in [-0.3, -0.25) is 9.59 Å². The number of rotatable bonds is 7. The van der Waals surface area contributed by atoms with Crippen LogP contribution in [0.5, 0.6) is 5.75 Å². The Hall–Kier alpha value is -1.75. The maximum absolute atomic E-state index is 12.1. The lowest BCUT2D eigenvalue weighted by Gasteiger charge is -2.25. The molecule has 116 valence electrons. The Kier molecular flexibility index (Phi) is 6.03. The van der Waals surface area contributed by atoms with E-state index in [9.17, 15) is 9.59 Å². The number of halogens is 1. The van der Waals surface area contributed by atoms with Gasteiger partial charge < -0.3 is 15.2 Å². The maximum atomic E-state index is 12.1. The Labute approximate surface area is 129 Å². The standard InChI is InChI=1S/C15H20ClNO4/c1-15(2,7-6-14(19)20)17-13(18)9-10-8-11(16)4-5-12(10)21-3/h4-5,8H,6-7,9H2,1-3H3,(H,17,18)(H,19,20). The predicted octanol–water partition coefficient (Wildman–Crippen LogP) is 2.65. The number of benzene rings is 1. The lowest BCUT2D eigenvalue weighted by atomic mass is 9.97. The fraction of sp³-hybridized carbons (Fsp3) is 0.467. The molecule has 0 radical (unpaired) electrons. The summed E-state index contributed by atoms with van der Waals surface area (Å²) in [6.07, 6.45) is 0.495. The molecular formula is C15H20ClNO4. The van der Waals surface area contributed by atoms with Gasteiger partial charge in [-0.1, -0.05) is 11.6 Å². The molecule has 6 heteroatoms. The molecule has 0 aromatic heterocycles. The minimum atomic E-state index is -0.881. The van der Waals surface area contributed by atoms with Gasteiger partial charge >= 0.3 is 5.97 Å². The number of carbonyl (C=O) groups is 2. The molecule has 0 aliphatic carbocycles. The van der Waals surface area contributed by atoms with Crippen molar-refractivity contribution in [3.63, 3.8) is 0 Å². The molecule has 0 fully saturated rings. The van der Waals surface area contributed by atoms with Crippen LogP contribution in [0.25, 0.3) is 0 Å². The lowest BCUT2D eigenvalue weighted by molar-refractivity contribution is -0.137. The van der Waals surface area contributed by atoms with Crippen LogP contribution in [0, 0.1) is 0 Å². The van der Waals surface area contributed by atoms with E-state index in [2.05, 4.69) is 5.32 Å². The Bertz CT molecular complexity index is 528. The van der Waals surface area contributed by atoms with Gasteiger partial charge in [-0.15, -0.1) is 0 Å². The van der Waals surface area contributed by atoms with Crippen molar-refractivity contribution in [3.05, 3.63) is 28.8 Å². The largest absolute Gasteiger partial charge is 0.496 e. The monoisotopic (exact) mass is 313 g/mol. The van der Waals surface area contributed by atoms with Crippen LogP contribution < -0.4 is 10.1 Å². The highest BCUT2D eigenvalue weighted by Gasteiger charge is 2.22. The SMILES string of the molecule is COc1ccc(Cl)cc1CC(=O)NC(C)(C)CCC(=O)O. The smallest absolute Gasteiger partial charge is 0.303 e. The van der Waals surface area contributed by atoms with Crippen molar-refractivity contribution >= 4 is 23.5 Å². The summed E-state index contributed by atoms with van der Waals surface area (Å²) < 4.78 is 5.19. The fourth-order valence-electron chi connectivity index (χ4n) is 1.96. The summed E-state index contributed by atoms with van der Waals surface area (Å²) in [5.74, 6) is -0.488. The van der Waals surface area contributed by atoms with E-state index >= 15 is 0 Å². The molecule has 0 bridgehead atoms. The zero-order valence-electron chi connectivity index (χ0n) is 12.4. The fourth-order valence-corrected chi connectivity index (χ4v) is 2.16. The van der Waals surface area contributed by atoms with Gasteiger partial charge in [0.1, 0.15) is 5.75 Å². The van der Waals surface area contributed by atoms with Crippen LogP contribution in [0.15, 0.2) is 18.2 Å². The van der Waals surface area contributed by atoms with E-state index in [-0.39, 0.29) is 18.7 Å². The Morgan fingerprint density at radius 2 is 2.05 bits per heavy atom. The summed E-state index contributed by atoms with van der Waals surface area (Å²) >= 11 is 5.92. The second kappa shape index (κ2) is 7.31. The van der Waals surface area contributed by atoms with Crippen LogP contribution >= 0.6 is 11.6 Å². The number of hydrogen-bond donors (Lipinski definition) is 2. The van der Waals surface area contributed by atoms with Crippen molar-refractivity contribution in [2.75, 3.05) is 7.11 Å². The quantitative estimate of drug-likeness (QED) is 0.811. The third-order valence-electron chi connectivity index (χ3n) is 3.04. The second-order valence-electron chi connectivity index (χ2n) is 5.46. The lowest BCUT2D eigenvalue weighted by Crippen LogP contribution is -2.44. The van der Waals surface area contributed by atoms with E-state index in [1.165, 1.54) is 7.11 Å². The van der Waals surface area contributed by atoms with E-state index < -0.39 is 11.5 Å². The number of carboxylic acids is 1. The Morgan fingerprint density at radius 3 is 2.62 bits per heavy atom. The van der Waals surface area contributed by atoms with Crippen molar-refractivity contribution in [2.45, 2.75) is 38.6 Å². The average molecular weight is 314 g/mol. The molecule has 0 unspecified atom stereocenters. The first-order valence-corrected chi connectivity index (χ1v) is 6.96. The zero-order valence-corrected chi connectivity index (χ0v) is 13.2. The first kappa shape index (κ1) is 17.3. The highest BCUT2D eigenvalue weighted by Crippen LogP contribution is 2.23. The number of hydrogen-bond acceptors (Lipinski definition) is 3. The number of carbonyl (C=O) groups excluding carboxylic acids is 1. The third kappa shape index (κ3) is 6.04. The van der Waals surface area contributed by atoms with Crippen molar-refractivity contribution in [2.24, 2.45) is 0 Å². The first-order chi connectivity index (χ1) is 9.73. The molecule has 0 saturated heterocycles. The van der Waals surface area contributed by atoms with Crippen LogP contribution in [0.3, 0.4) is 0 Å². The van der Waals surface area contributed by atoms with Gasteiger partial charge in [0.2, 0.25) is 5.91 Å². The van der Waals surface area contributed by atoms with Gasteiger partial charge in [-0.2, -0.15) is 0 Å². The molecule has 0 aliphatic rings. The van der Waals surface area contributed by atoms with Crippen molar-refractivity contribution in [1.82, 2.24) is 5.32 Å². The van der Waals surface area contributed by atoms with Crippen LogP contribution in [-0.2, 0) is 16.0 Å². The van der Waals surface area contributed by atoms with E-state index in [0.717, 1.165) is 0 Å². The molecule has 2 N–H and O–H groups in total. The normalized spacial score (nSPS) is 11.0. The molecule has 0 atom stereocenters. The predicted molar refractivity (Wildman–Crippen MR) is 80.8 cm³/mol. The van der Waals surface area contributed by atoms with Crippen LogP contribution in [0.4, 0.5) is 0 Å². The van der Waals surface area contributed by atoms with Crippen LogP contribution in [-0.4, -0.2) is 29.6 Å². The highest BCUT2D eigenvalue weighted by atomic mass is 35.5. The third-order valence-corrected chi connectivity index (χ3v) is 3.27. The number of methoxy groups -OCH3 is 1. The van der Waals surface area contributed by atoms with Crippen LogP contribution in [0.2, 0.25) is 5.02 Å². The highest BCUT2D eigenvalue weighted by molar-refractivity contribution is 6.30. The maximum Gasteiger partial charge on any atom is 0.303 e. The van der Waals surface area contributed by atoms with E-state index in [0.29, 0.717) is 22.8 Å². The van der Waals surface area contributed by atoms with E-state index in [1.807, 2.05) is 0 Å². The Balaban J connectivity index is 2.69. The number of aliphatic carboxylic acids is 1. The van der Waals surface area contributed by atoms with Crippen molar-refractivity contribution in [3.8, 4) is 5.75 Å². The van der Waals surface area contributed by atoms with Crippen LogP contribution in [0.1, 0.15) is 32.3 Å². The van der Waals surface area contributed by atoms with E-state index in [1.54, 1.807) is 32.0 Å². The van der Waals surface area contributed by atoms with Gasteiger partial charge in [0.15, 0.2) is 0 Å². The molecule has 21 heavy (non-hydrogen) atoms. The molecule has 0 saturated carbocycles. The molecule has 1 rings (SSSR count). The molecule has 5 nitrogen and oxygen atoms in total. The zero-order chi connectivity index (χ0) is 16.0. The molecule has 1 amide bonds. The van der Waals surface area contributed by atoms with Gasteiger partial charge in [0.25, 0.3) is 0 Å². The molecule has 1 aromatic rings. The minimum absolute atomic E-state index is 0.00770. The molecule has 1 aromatic carbocycles. The molecule has 0 spiro atoms. The number of nitrogens with one attached hydrogen (secondary N) is 1. The summed E-state index contributed by atoms with van der Waals surface area (Å²) in [6, 6.07) is 5.09. The van der Waals surface area contributed by atoms with Gasteiger partial charge in [0, 0.05) is 22.5 Å². The molecule has 0 aliphatic heterocycles. The Morgan fingerprint density at radius 1 is 1.38 bits per heavy atom. The van der Waals surface area contributed by atoms with Gasteiger partial charge in [-0.25, -0.2) is 0 Å². The topological polar surface area (TPSA) is 75.6 Å². The van der Waals surface area contributed by atoms with Gasteiger partial charge in [-0.05, 0) is 38.5 Å². The summed E-state index contributed by atoms with van der Waals surface area (Å²) in [6.45, 7) is 3.59. The van der Waals surface area contributed by atoms with E-state index in [4.69, 9.17) is 21.4 Å². The number of carboxylic acid groups (broad SMARTS) is 1. The minimum Gasteiger partial charge on any atom is -0.496 e.